The van der Waals surface area contributed by atoms with Gasteiger partial charge in [-0.1, -0.05) is 23.7 Å². The number of carbonyl (C=O) groups is 2. The minimum Gasteiger partial charge on any atom is -0.355 e. The van der Waals surface area contributed by atoms with Crippen LogP contribution in [-0.2, 0) is 9.59 Å². The largest absolute Gasteiger partial charge is 0.355 e. The van der Waals surface area contributed by atoms with Crippen molar-refractivity contribution >= 4 is 23.4 Å². The molecule has 0 bridgehead atoms. The van der Waals surface area contributed by atoms with Crippen LogP contribution in [0.4, 0.5) is 0 Å². The first kappa shape index (κ1) is 17.2. The van der Waals surface area contributed by atoms with E-state index in [0.29, 0.717) is 12.5 Å². The highest BCUT2D eigenvalue weighted by Gasteiger charge is 2.43. The molecule has 2 fully saturated rings. The van der Waals surface area contributed by atoms with Crippen molar-refractivity contribution in [2.75, 3.05) is 39.3 Å². The van der Waals surface area contributed by atoms with E-state index in [1.54, 1.807) is 6.92 Å². The highest BCUT2D eigenvalue weighted by Crippen LogP contribution is 2.47. The lowest BCUT2D eigenvalue weighted by molar-refractivity contribution is -0.130. The molecule has 3 rings (SSSR count). The summed E-state index contributed by atoms with van der Waals surface area (Å²) in [4.78, 5) is 27.7. The molecule has 1 heterocycles. The minimum atomic E-state index is 0.0815. The van der Waals surface area contributed by atoms with Gasteiger partial charge in [0.25, 0.3) is 0 Å². The molecule has 0 unspecified atom stereocenters. The number of amides is 2. The molecule has 24 heavy (non-hydrogen) atoms. The van der Waals surface area contributed by atoms with Crippen molar-refractivity contribution in [3.63, 3.8) is 0 Å². The predicted octanol–water partition coefficient (Wildman–Crippen LogP) is 1.72. The summed E-state index contributed by atoms with van der Waals surface area (Å²) in [6.45, 7) is 6.44. The van der Waals surface area contributed by atoms with E-state index in [1.165, 1.54) is 0 Å². The fraction of sp³-hybridized carbons (Fsp3) is 0.556. The summed E-state index contributed by atoms with van der Waals surface area (Å²) in [6.07, 6.45) is 0.906. The molecule has 2 atom stereocenters. The fourth-order valence-electron chi connectivity index (χ4n) is 3.35. The van der Waals surface area contributed by atoms with E-state index < -0.39 is 0 Å². The molecule has 0 spiro atoms. The van der Waals surface area contributed by atoms with Crippen molar-refractivity contribution in [2.45, 2.75) is 19.3 Å². The normalized spacial score (nSPS) is 23.8. The van der Waals surface area contributed by atoms with Gasteiger partial charge in [-0.25, -0.2) is 0 Å². The van der Waals surface area contributed by atoms with Crippen LogP contribution in [0.3, 0.4) is 0 Å². The zero-order valence-electron chi connectivity index (χ0n) is 14.0. The number of benzene rings is 1. The zero-order chi connectivity index (χ0) is 17.1. The second-order valence-corrected chi connectivity index (χ2v) is 7.08. The van der Waals surface area contributed by atoms with Crippen molar-refractivity contribution in [1.82, 2.24) is 15.1 Å². The Morgan fingerprint density at radius 2 is 2.00 bits per heavy atom. The Kier molecular flexibility index (Phi) is 5.41. The van der Waals surface area contributed by atoms with Crippen LogP contribution in [0.1, 0.15) is 24.8 Å². The van der Waals surface area contributed by atoms with Crippen LogP contribution in [-0.4, -0.2) is 60.9 Å². The van der Waals surface area contributed by atoms with E-state index >= 15 is 0 Å². The third-order valence-corrected chi connectivity index (χ3v) is 5.18. The second-order valence-electron chi connectivity index (χ2n) is 6.64. The Bertz CT molecular complexity index is 614. The van der Waals surface area contributed by atoms with Crippen LogP contribution in [0.2, 0.25) is 5.02 Å². The maximum Gasteiger partial charge on any atom is 0.223 e. The summed E-state index contributed by atoms with van der Waals surface area (Å²) in [5.74, 6) is 0.673. The Morgan fingerprint density at radius 3 is 2.67 bits per heavy atom. The van der Waals surface area contributed by atoms with Crippen molar-refractivity contribution in [3.8, 4) is 0 Å². The van der Waals surface area contributed by atoms with Gasteiger partial charge in [0.15, 0.2) is 0 Å². The number of halogens is 1. The van der Waals surface area contributed by atoms with Crippen molar-refractivity contribution in [2.24, 2.45) is 5.92 Å². The summed E-state index contributed by atoms with van der Waals surface area (Å²) in [5, 5.41) is 3.77. The third-order valence-electron chi connectivity index (χ3n) is 4.95. The highest BCUT2D eigenvalue weighted by molar-refractivity contribution is 6.30. The SMILES string of the molecule is CC(=O)N1CCN(CCNC(=O)[C@@H]2C[C@H]2c2cccc(Cl)c2)CC1. The number of carbonyl (C=O) groups excluding carboxylic acids is 2. The summed E-state index contributed by atoms with van der Waals surface area (Å²) in [6, 6.07) is 7.78. The summed E-state index contributed by atoms with van der Waals surface area (Å²) in [5.41, 5.74) is 1.16. The van der Waals surface area contributed by atoms with E-state index in [2.05, 4.69) is 10.2 Å². The molecule has 1 saturated heterocycles. The molecular formula is C18H24ClN3O2. The molecule has 5 nitrogen and oxygen atoms in total. The Morgan fingerprint density at radius 1 is 1.25 bits per heavy atom. The van der Waals surface area contributed by atoms with E-state index in [4.69, 9.17) is 11.6 Å². The van der Waals surface area contributed by atoms with Gasteiger partial charge in [-0.05, 0) is 30.0 Å². The maximum absolute atomic E-state index is 12.2. The molecule has 1 aliphatic carbocycles. The lowest BCUT2D eigenvalue weighted by Crippen LogP contribution is -2.49. The van der Waals surface area contributed by atoms with Gasteiger partial charge in [0, 0.05) is 57.1 Å². The molecule has 6 heteroatoms. The minimum absolute atomic E-state index is 0.0815. The van der Waals surface area contributed by atoms with Crippen molar-refractivity contribution < 1.29 is 9.59 Å². The molecule has 0 radical (unpaired) electrons. The Balaban J connectivity index is 1.36. The standard InChI is InChI=1S/C18H24ClN3O2/c1-13(23)22-9-7-21(8-10-22)6-5-20-18(24)17-12-16(17)14-3-2-4-15(19)11-14/h2-4,11,16-17H,5-10,12H2,1H3,(H,20,24)/t16-,17+/m0/s1. The van der Waals surface area contributed by atoms with Crippen LogP contribution in [0.15, 0.2) is 24.3 Å². The summed E-state index contributed by atoms with van der Waals surface area (Å²) in [7, 11) is 0. The predicted molar refractivity (Wildman–Crippen MR) is 94.0 cm³/mol. The smallest absolute Gasteiger partial charge is 0.223 e. The number of hydrogen-bond donors (Lipinski definition) is 1. The molecule has 0 aromatic heterocycles. The number of nitrogens with one attached hydrogen (secondary N) is 1. The third kappa shape index (κ3) is 4.28. The van der Waals surface area contributed by atoms with Gasteiger partial charge in [0.05, 0.1) is 0 Å². The van der Waals surface area contributed by atoms with Crippen LogP contribution in [0.5, 0.6) is 0 Å². The van der Waals surface area contributed by atoms with E-state index in [-0.39, 0.29) is 17.7 Å². The molecule has 130 valence electrons. The average Bonchev–Trinajstić information content (AvgIpc) is 3.36. The lowest BCUT2D eigenvalue weighted by atomic mass is 10.1. The van der Waals surface area contributed by atoms with Gasteiger partial charge in [0.2, 0.25) is 11.8 Å². The zero-order valence-corrected chi connectivity index (χ0v) is 14.8. The van der Waals surface area contributed by atoms with Crippen molar-refractivity contribution in [1.29, 1.82) is 0 Å². The molecule has 1 N–H and O–H groups in total. The maximum atomic E-state index is 12.2. The molecule has 2 amide bonds. The fourth-order valence-corrected chi connectivity index (χ4v) is 3.54. The van der Waals surface area contributed by atoms with Gasteiger partial charge >= 0.3 is 0 Å². The average molecular weight is 350 g/mol. The summed E-state index contributed by atoms with van der Waals surface area (Å²) < 4.78 is 0. The molecule has 1 saturated carbocycles. The molecule has 1 aromatic rings. The van der Waals surface area contributed by atoms with E-state index in [0.717, 1.165) is 49.7 Å². The lowest BCUT2D eigenvalue weighted by Gasteiger charge is -2.34. The number of rotatable bonds is 5. The molecule has 2 aliphatic rings. The van der Waals surface area contributed by atoms with Crippen LogP contribution in [0.25, 0.3) is 0 Å². The van der Waals surface area contributed by atoms with Crippen LogP contribution in [0, 0.1) is 5.92 Å². The summed E-state index contributed by atoms with van der Waals surface area (Å²) >= 11 is 6.01. The molecule has 1 aliphatic heterocycles. The van der Waals surface area contributed by atoms with E-state index in [1.807, 2.05) is 29.2 Å². The molecular weight excluding hydrogens is 326 g/mol. The van der Waals surface area contributed by atoms with Crippen LogP contribution >= 0.6 is 11.6 Å². The first-order valence-electron chi connectivity index (χ1n) is 8.55. The quantitative estimate of drug-likeness (QED) is 0.880. The van der Waals surface area contributed by atoms with Crippen LogP contribution < -0.4 is 5.32 Å². The number of nitrogens with zero attached hydrogens (tertiary/aromatic N) is 2. The van der Waals surface area contributed by atoms with Gasteiger partial charge in [-0.15, -0.1) is 0 Å². The number of piperazine rings is 1. The topological polar surface area (TPSA) is 52.7 Å². The molecule has 1 aromatic carbocycles. The van der Waals surface area contributed by atoms with E-state index in [9.17, 15) is 9.59 Å². The second kappa shape index (κ2) is 7.53. The first-order valence-corrected chi connectivity index (χ1v) is 8.93. The van der Waals surface area contributed by atoms with Gasteiger partial charge in [-0.3, -0.25) is 14.5 Å². The van der Waals surface area contributed by atoms with Gasteiger partial charge in [0.1, 0.15) is 0 Å². The highest BCUT2D eigenvalue weighted by atomic mass is 35.5. The Labute approximate surface area is 147 Å². The van der Waals surface area contributed by atoms with Gasteiger partial charge < -0.3 is 10.2 Å². The monoisotopic (exact) mass is 349 g/mol. The van der Waals surface area contributed by atoms with Gasteiger partial charge in [-0.2, -0.15) is 0 Å². The Hall–Kier alpha value is -1.59. The number of hydrogen-bond acceptors (Lipinski definition) is 3. The van der Waals surface area contributed by atoms with Crippen molar-refractivity contribution in [3.05, 3.63) is 34.9 Å². The first-order chi connectivity index (χ1) is 11.5.